The number of hydrogen-bond acceptors (Lipinski definition) is 3. The fourth-order valence-electron chi connectivity index (χ4n) is 2.34. The molecule has 0 fully saturated rings. The van der Waals surface area contributed by atoms with Gasteiger partial charge in [-0.15, -0.1) is 10.2 Å². The van der Waals surface area contributed by atoms with Gasteiger partial charge in [0.2, 0.25) is 0 Å². The third-order valence-corrected chi connectivity index (χ3v) is 3.07. The van der Waals surface area contributed by atoms with Crippen molar-refractivity contribution in [1.29, 1.82) is 0 Å². The van der Waals surface area contributed by atoms with Crippen LogP contribution in [0.3, 0.4) is 0 Å². The summed E-state index contributed by atoms with van der Waals surface area (Å²) >= 11 is 0. The van der Waals surface area contributed by atoms with Gasteiger partial charge in [-0.2, -0.15) is 0 Å². The molecule has 0 saturated carbocycles. The van der Waals surface area contributed by atoms with Gasteiger partial charge in [-0.25, -0.2) is 0 Å². The number of nitrogens with zero attached hydrogens (tertiary/aromatic N) is 3. The molecule has 0 aliphatic rings. The molecule has 1 unspecified atom stereocenters. The van der Waals surface area contributed by atoms with E-state index in [1.807, 2.05) is 11.6 Å². The highest BCUT2D eigenvalue weighted by atomic mass is 15.2. The lowest BCUT2D eigenvalue weighted by Gasteiger charge is -2.17. The average Bonchev–Trinajstić information content (AvgIpc) is 2.74. The Morgan fingerprint density at radius 2 is 2.05 bits per heavy atom. The number of nitrogens with one attached hydrogen (secondary N) is 1. The Morgan fingerprint density at radius 1 is 1.26 bits per heavy atom. The largest absolute Gasteiger partial charge is 0.383 e. The molecule has 1 N–H and O–H groups in total. The first-order chi connectivity index (χ1) is 9.06. The van der Waals surface area contributed by atoms with Crippen molar-refractivity contribution in [3.8, 4) is 11.4 Å². The van der Waals surface area contributed by atoms with Crippen LogP contribution in [0, 0.1) is 5.92 Å². The van der Waals surface area contributed by atoms with E-state index in [9.17, 15) is 0 Å². The van der Waals surface area contributed by atoms with Gasteiger partial charge in [0.15, 0.2) is 5.82 Å². The van der Waals surface area contributed by atoms with E-state index in [0.29, 0.717) is 12.0 Å². The van der Waals surface area contributed by atoms with E-state index in [4.69, 9.17) is 0 Å². The average molecular weight is 258 g/mol. The highest BCUT2D eigenvalue weighted by molar-refractivity contribution is 5.62. The Kier molecular flexibility index (Phi) is 4.20. The second-order valence-electron chi connectivity index (χ2n) is 5.52. The van der Waals surface area contributed by atoms with Crippen LogP contribution in [0.15, 0.2) is 30.6 Å². The van der Waals surface area contributed by atoms with Gasteiger partial charge in [0.05, 0.1) is 0 Å². The van der Waals surface area contributed by atoms with Gasteiger partial charge in [0.1, 0.15) is 6.33 Å². The first-order valence-electron chi connectivity index (χ1n) is 6.77. The van der Waals surface area contributed by atoms with Crippen molar-refractivity contribution in [2.24, 2.45) is 13.0 Å². The monoisotopic (exact) mass is 258 g/mol. The van der Waals surface area contributed by atoms with E-state index in [0.717, 1.165) is 23.5 Å². The molecule has 0 amide bonds. The van der Waals surface area contributed by atoms with Gasteiger partial charge in [-0.3, -0.25) is 0 Å². The summed E-state index contributed by atoms with van der Waals surface area (Å²) in [6.45, 7) is 6.71. The molecule has 102 valence electrons. The lowest BCUT2D eigenvalue weighted by molar-refractivity contribution is 0.540. The van der Waals surface area contributed by atoms with Gasteiger partial charge in [0, 0.05) is 24.3 Å². The molecule has 0 saturated heterocycles. The molecule has 4 nitrogen and oxygen atoms in total. The van der Waals surface area contributed by atoms with Crippen LogP contribution in [0.25, 0.3) is 11.4 Å². The maximum atomic E-state index is 4.14. The summed E-state index contributed by atoms with van der Waals surface area (Å²) in [6, 6.07) is 8.80. The minimum Gasteiger partial charge on any atom is -0.383 e. The molecule has 1 aromatic heterocycles. The van der Waals surface area contributed by atoms with Crippen LogP contribution in [-0.2, 0) is 7.05 Å². The number of anilines is 1. The number of aryl methyl sites for hydroxylation is 1. The fraction of sp³-hybridized carbons (Fsp3) is 0.467. The van der Waals surface area contributed by atoms with Crippen molar-refractivity contribution >= 4 is 5.69 Å². The molecule has 0 spiro atoms. The second-order valence-corrected chi connectivity index (χ2v) is 5.52. The van der Waals surface area contributed by atoms with Crippen molar-refractivity contribution in [1.82, 2.24) is 14.8 Å². The number of rotatable bonds is 5. The van der Waals surface area contributed by atoms with Gasteiger partial charge >= 0.3 is 0 Å². The third-order valence-electron chi connectivity index (χ3n) is 3.07. The maximum Gasteiger partial charge on any atom is 0.163 e. The topological polar surface area (TPSA) is 42.7 Å². The molecule has 1 atom stereocenters. The normalized spacial score (nSPS) is 12.7. The quantitative estimate of drug-likeness (QED) is 0.894. The summed E-state index contributed by atoms with van der Waals surface area (Å²) in [5.74, 6) is 1.59. The Bertz CT molecular complexity index is 530. The summed E-state index contributed by atoms with van der Waals surface area (Å²) in [5, 5.41) is 11.6. The Balaban J connectivity index is 2.14. The Hall–Kier alpha value is -1.84. The molecule has 19 heavy (non-hydrogen) atoms. The SMILES string of the molecule is CC(C)CC(C)Nc1cccc(-c2nncn2C)c1. The van der Waals surface area contributed by atoms with Crippen molar-refractivity contribution in [3.05, 3.63) is 30.6 Å². The molecule has 2 rings (SSSR count). The third kappa shape index (κ3) is 3.56. The van der Waals surface area contributed by atoms with E-state index in [1.54, 1.807) is 6.33 Å². The van der Waals surface area contributed by atoms with Crippen LogP contribution in [0.4, 0.5) is 5.69 Å². The van der Waals surface area contributed by atoms with Crippen molar-refractivity contribution < 1.29 is 0 Å². The van der Waals surface area contributed by atoms with Gasteiger partial charge in [-0.05, 0) is 31.4 Å². The molecule has 1 aromatic carbocycles. The highest BCUT2D eigenvalue weighted by Gasteiger charge is 2.08. The molecule has 0 aliphatic carbocycles. The Labute approximate surface area is 114 Å². The smallest absolute Gasteiger partial charge is 0.163 e. The van der Waals surface area contributed by atoms with Gasteiger partial charge < -0.3 is 9.88 Å². The van der Waals surface area contributed by atoms with Crippen molar-refractivity contribution in [3.63, 3.8) is 0 Å². The molecule has 1 heterocycles. The van der Waals surface area contributed by atoms with E-state index in [2.05, 4.69) is 60.6 Å². The van der Waals surface area contributed by atoms with Crippen LogP contribution in [0.1, 0.15) is 27.2 Å². The van der Waals surface area contributed by atoms with Crippen LogP contribution in [0.5, 0.6) is 0 Å². The summed E-state index contributed by atoms with van der Waals surface area (Å²) < 4.78 is 1.93. The molecule has 4 heteroatoms. The number of aromatic nitrogens is 3. The molecule has 2 aromatic rings. The molecular weight excluding hydrogens is 236 g/mol. The van der Waals surface area contributed by atoms with Gasteiger partial charge in [0.25, 0.3) is 0 Å². The number of benzene rings is 1. The zero-order chi connectivity index (χ0) is 13.8. The van der Waals surface area contributed by atoms with E-state index in [-0.39, 0.29) is 0 Å². The van der Waals surface area contributed by atoms with Crippen molar-refractivity contribution in [2.45, 2.75) is 33.2 Å². The van der Waals surface area contributed by atoms with Gasteiger partial charge in [-0.1, -0.05) is 26.0 Å². The Morgan fingerprint density at radius 3 is 2.68 bits per heavy atom. The fourth-order valence-corrected chi connectivity index (χ4v) is 2.34. The zero-order valence-electron chi connectivity index (χ0n) is 12.1. The van der Waals surface area contributed by atoms with E-state index in [1.165, 1.54) is 0 Å². The lowest BCUT2D eigenvalue weighted by atomic mass is 10.0. The summed E-state index contributed by atoms with van der Waals surface area (Å²) in [6.07, 6.45) is 2.88. The highest BCUT2D eigenvalue weighted by Crippen LogP contribution is 2.21. The van der Waals surface area contributed by atoms with E-state index >= 15 is 0 Å². The summed E-state index contributed by atoms with van der Waals surface area (Å²) in [5.41, 5.74) is 2.22. The standard InChI is InChI=1S/C15H22N4/c1-11(2)8-12(3)17-14-7-5-6-13(9-14)15-18-16-10-19(15)4/h5-7,9-12,17H,8H2,1-4H3. The first-order valence-corrected chi connectivity index (χ1v) is 6.77. The predicted molar refractivity (Wildman–Crippen MR) is 79.0 cm³/mol. The molecule has 0 aliphatic heterocycles. The predicted octanol–water partition coefficient (Wildman–Crippen LogP) is 3.33. The molecule has 0 radical (unpaired) electrons. The minimum atomic E-state index is 0.467. The first kappa shape index (κ1) is 13.6. The number of hydrogen-bond donors (Lipinski definition) is 1. The molecular formula is C15H22N4. The zero-order valence-corrected chi connectivity index (χ0v) is 12.1. The summed E-state index contributed by atoms with van der Waals surface area (Å²) in [7, 11) is 1.96. The molecule has 0 bridgehead atoms. The van der Waals surface area contributed by atoms with E-state index < -0.39 is 0 Å². The van der Waals surface area contributed by atoms with Crippen LogP contribution < -0.4 is 5.32 Å². The van der Waals surface area contributed by atoms with Crippen LogP contribution >= 0.6 is 0 Å². The lowest BCUT2D eigenvalue weighted by Crippen LogP contribution is -2.17. The summed E-state index contributed by atoms with van der Waals surface area (Å²) in [4.78, 5) is 0. The minimum absolute atomic E-state index is 0.467. The second kappa shape index (κ2) is 5.87. The maximum absolute atomic E-state index is 4.14. The van der Waals surface area contributed by atoms with Crippen LogP contribution in [0.2, 0.25) is 0 Å². The van der Waals surface area contributed by atoms with Crippen LogP contribution in [-0.4, -0.2) is 20.8 Å². The van der Waals surface area contributed by atoms with Crippen molar-refractivity contribution in [2.75, 3.05) is 5.32 Å².